The topological polar surface area (TPSA) is 85.1 Å². The fourth-order valence-corrected chi connectivity index (χ4v) is 3.95. The number of nitrogens with zero attached hydrogens (tertiary/aromatic N) is 1. The molecule has 0 aliphatic heterocycles. The van der Waals surface area contributed by atoms with Gasteiger partial charge in [-0.25, -0.2) is 13.1 Å². The molecule has 19 heavy (non-hydrogen) atoms. The molecule has 1 aliphatic carbocycles. The molecule has 1 aromatic heterocycles. The van der Waals surface area contributed by atoms with Crippen LogP contribution in [-0.2, 0) is 10.0 Å². The van der Waals surface area contributed by atoms with Crippen LogP contribution in [0.5, 0.6) is 0 Å². The van der Waals surface area contributed by atoms with E-state index in [-0.39, 0.29) is 4.90 Å². The SMILES string of the molecule is CC1CCC(CN)(NS(=O)(=O)c2cccnc2)CC1. The van der Waals surface area contributed by atoms with Gasteiger partial charge in [0.15, 0.2) is 0 Å². The van der Waals surface area contributed by atoms with Crippen LogP contribution in [0, 0.1) is 5.92 Å². The third-order valence-electron chi connectivity index (χ3n) is 3.92. The molecule has 0 spiro atoms. The quantitative estimate of drug-likeness (QED) is 0.871. The molecule has 0 unspecified atom stereocenters. The monoisotopic (exact) mass is 283 g/mol. The molecule has 0 bridgehead atoms. The lowest BCUT2D eigenvalue weighted by atomic mass is 9.78. The highest BCUT2D eigenvalue weighted by Crippen LogP contribution is 2.32. The van der Waals surface area contributed by atoms with Gasteiger partial charge in [-0.3, -0.25) is 4.98 Å². The van der Waals surface area contributed by atoms with E-state index in [0.717, 1.165) is 25.7 Å². The average molecular weight is 283 g/mol. The Morgan fingerprint density at radius 1 is 1.47 bits per heavy atom. The van der Waals surface area contributed by atoms with E-state index < -0.39 is 15.6 Å². The molecular weight excluding hydrogens is 262 g/mol. The van der Waals surface area contributed by atoms with Crippen molar-refractivity contribution in [3.8, 4) is 0 Å². The van der Waals surface area contributed by atoms with Gasteiger partial charge in [0.2, 0.25) is 10.0 Å². The Labute approximate surface area is 114 Å². The molecule has 0 radical (unpaired) electrons. The van der Waals surface area contributed by atoms with Crippen LogP contribution in [0.25, 0.3) is 0 Å². The second-order valence-corrected chi connectivity index (χ2v) is 7.14. The summed E-state index contributed by atoms with van der Waals surface area (Å²) in [6.45, 7) is 2.52. The summed E-state index contributed by atoms with van der Waals surface area (Å²) < 4.78 is 27.5. The molecule has 1 saturated carbocycles. The van der Waals surface area contributed by atoms with Crippen molar-refractivity contribution in [2.24, 2.45) is 11.7 Å². The molecule has 0 amide bonds. The maximum absolute atomic E-state index is 12.3. The van der Waals surface area contributed by atoms with Crippen molar-refractivity contribution in [3.63, 3.8) is 0 Å². The molecular formula is C13H21N3O2S. The molecule has 0 saturated heterocycles. The zero-order valence-corrected chi connectivity index (χ0v) is 12.0. The minimum atomic E-state index is -3.54. The Morgan fingerprint density at radius 2 is 2.16 bits per heavy atom. The molecule has 5 nitrogen and oxygen atoms in total. The Morgan fingerprint density at radius 3 is 2.68 bits per heavy atom. The lowest BCUT2D eigenvalue weighted by Gasteiger charge is -2.38. The Bertz CT molecular complexity index is 508. The standard InChI is InChI=1S/C13H21N3O2S/c1-11-4-6-13(10-14,7-5-11)16-19(17,18)12-3-2-8-15-9-12/h2-3,8-9,11,16H,4-7,10,14H2,1H3. The first kappa shape index (κ1) is 14.4. The number of rotatable bonds is 4. The van der Waals surface area contributed by atoms with Crippen LogP contribution in [0.2, 0.25) is 0 Å². The van der Waals surface area contributed by atoms with E-state index in [1.165, 1.54) is 6.20 Å². The van der Waals surface area contributed by atoms with Crippen LogP contribution in [-0.4, -0.2) is 25.5 Å². The summed E-state index contributed by atoms with van der Waals surface area (Å²) in [5.41, 5.74) is 5.33. The summed E-state index contributed by atoms with van der Waals surface area (Å²) in [6, 6.07) is 3.16. The number of nitrogens with one attached hydrogen (secondary N) is 1. The summed E-state index contributed by atoms with van der Waals surface area (Å²) >= 11 is 0. The van der Waals surface area contributed by atoms with Crippen molar-refractivity contribution in [2.75, 3.05) is 6.54 Å². The fraction of sp³-hybridized carbons (Fsp3) is 0.615. The smallest absolute Gasteiger partial charge is 0.242 e. The van der Waals surface area contributed by atoms with Crippen molar-refractivity contribution in [1.82, 2.24) is 9.71 Å². The molecule has 2 rings (SSSR count). The molecule has 1 aromatic rings. The normalized spacial score (nSPS) is 28.2. The van der Waals surface area contributed by atoms with Crippen LogP contribution >= 0.6 is 0 Å². The van der Waals surface area contributed by atoms with Crippen molar-refractivity contribution >= 4 is 10.0 Å². The zero-order chi connectivity index (χ0) is 13.9. The summed E-state index contributed by atoms with van der Waals surface area (Å²) in [5, 5.41) is 0. The maximum atomic E-state index is 12.3. The molecule has 3 N–H and O–H groups in total. The van der Waals surface area contributed by atoms with Crippen LogP contribution in [0.3, 0.4) is 0 Å². The van der Waals surface area contributed by atoms with E-state index in [2.05, 4.69) is 16.6 Å². The molecule has 106 valence electrons. The number of aromatic nitrogens is 1. The third-order valence-corrected chi connectivity index (χ3v) is 5.48. The average Bonchev–Trinajstić information content (AvgIpc) is 2.42. The summed E-state index contributed by atoms with van der Waals surface area (Å²) in [5.74, 6) is 0.641. The van der Waals surface area contributed by atoms with E-state index in [1.54, 1.807) is 18.3 Å². The highest BCUT2D eigenvalue weighted by atomic mass is 32.2. The Kier molecular flexibility index (Phi) is 4.23. The molecule has 1 heterocycles. The van der Waals surface area contributed by atoms with Gasteiger partial charge in [0.05, 0.1) is 0 Å². The Balaban J connectivity index is 2.19. The molecule has 6 heteroatoms. The molecule has 0 atom stereocenters. The van der Waals surface area contributed by atoms with Gasteiger partial charge in [-0.05, 0) is 43.7 Å². The van der Waals surface area contributed by atoms with Gasteiger partial charge < -0.3 is 5.73 Å². The largest absolute Gasteiger partial charge is 0.329 e. The van der Waals surface area contributed by atoms with Crippen molar-refractivity contribution in [2.45, 2.75) is 43.0 Å². The molecule has 0 aromatic carbocycles. The predicted octanol–water partition coefficient (Wildman–Crippen LogP) is 1.27. The fourth-order valence-electron chi connectivity index (χ4n) is 2.51. The van der Waals surface area contributed by atoms with Crippen LogP contribution in [0.1, 0.15) is 32.6 Å². The molecule has 1 aliphatic rings. The highest BCUT2D eigenvalue weighted by Gasteiger charge is 2.37. The van der Waals surface area contributed by atoms with E-state index in [4.69, 9.17) is 5.73 Å². The van der Waals surface area contributed by atoms with Gasteiger partial charge in [-0.15, -0.1) is 0 Å². The van der Waals surface area contributed by atoms with Crippen molar-refractivity contribution in [3.05, 3.63) is 24.5 Å². The number of sulfonamides is 1. The van der Waals surface area contributed by atoms with Crippen LogP contribution < -0.4 is 10.5 Å². The predicted molar refractivity (Wildman–Crippen MR) is 74.0 cm³/mol. The van der Waals surface area contributed by atoms with Gasteiger partial charge in [0.1, 0.15) is 4.90 Å². The van der Waals surface area contributed by atoms with Gasteiger partial charge in [0.25, 0.3) is 0 Å². The molecule has 1 fully saturated rings. The third kappa shape index (κ3) is 3.32. The van der Waals surface area contributed by atoms with Crippen molar-refractivity contribution in [1.29, 1.82) is 0 Å². The second-order valence-electron chi connectivity index (χ2n) is 5.46. The highest BCUT2D eigenvalue weighted by molar-refractivity contribution is 7.89. The summed E-state index contributed by atoms with van der Waals surface area (Å²) in [4.78, 5) is 4.05. The lowest BCUT2D eigenvalue weighted by Crippen LogP contribution is -2.55. The lowest BCUT2D eigenvalue weighted by molar-refractivity contribution is 0.231. The number of hydrogen-bond acceptors (Lipinski definition) is 4. The first-order valence-electron chi connectivity index (χ1n) is 6.61. The maximum Gasteiger partial charge on any atom is 0.242 e. The van der Waals surface area contributed by atoms with Gasteiger partial charge >= 0.3 is 0 Å². The Hall–Kier alpha value is -0.980. The number of hydrogen-bond donors (Lipinski definition) is 2. The summed E-state index contributed by atoms with van der Waals surface area (Å²) in [7, 11) is -3.54. The van der Waals surface area contributed by atoms with Crippen LogP contribution in [0.4, 0.5) is 0 Å². The number of pyridine rings is 1. The van der Waals surface area contributed by atoms with Crippen LogP contribution in [0.15, 0.2) is 29.4 Å². The minimum Gasteiger partial charge on any atom is -0.329 e. The van der Waals surface area contributed by atoms with Gasteiger partial charge in [0, 0.05) is 24.5 Å². The number of nitrogens with two attached hydrogens (primary N) is 1. The first-order valence-corrected chi connectivity index (χ1v) is 8.10. The van der Waals surface area contributed by atoms with E-state index in [1.807, 2.05) is 0 Å². The van der Waals surface area contributed by atoms with Crippen molar-refractivity contribution < 1.29 is 8.42 Å². The van der Waals surface area contributed by atoms with Gasteiger partial charge in [-0.1, -0.05) is 6.92 Å². The minimum absolute atomic E-state index is 0.196. The van der Waals surface area contributed by atoms with Gasteiger partial charge in [-0.2, -0.15) is 0 Å². The first-order chi connectivity index (χ1) is 8.97. The second kappa shape index (κ2) is 5.56. The van der Waals surface area contributed by atoms with E-state index >= 15 is 0 Å². The van der Waals surface area contributed by atoms with E-state index in [0.29, 0.717) is 12.5 Å². The summed E-state index contributed by atoms with van der Waals surface area (Å²) in [6.07, 6.45) is 6.52. The van der Waals surface area contributed by atoms with E-state index in [9.17, 15) is 8.42 Å². The zero-order valence-electron chi connectivity index (χ0n) is 11.2.